The van der Waals surface area contributed by atoms with Crippen molar-refractivity contribution in [1.29, 1.82) is 0 Å². The third-order valence-corrected chi connectivity index (χ3v) is 3.83. The van der Waals surface area contributed by atoms with Gasteiger partial charge in [0.2, 0.25) is 0 Å². The molecule has 0 bridgehead atoms. The summed E-state index contributed by atoms with van der Waals surface area (Å²) in [7, 11) is -3.83. The quantitative estimate of drug-likeness (QED) is 0.740. The SMILES string of the molecule is Cc1cc(-c2cccc3ccccc23)n(OS(C)(=O)=O)c(=O)c1. The van der Waals surface area contributed by atoms with E-state index in [0.717, 1.165) is 32.9 Å². The first-order valence-electron chi connectivity index (χ1n) is 6.97. The maximum absolute atomic E-state index is 12.2. The van der Waals surface area contributed by atoms with Gasteiger partial charge in [-0.3, -0.25) is 9.08 Å². The van der Waals surface area contributed by atoms with Gasteiger partial charge in [-0.05, 0) is 29.3 Å². The van der Waals surface area contributed by atoms with Crippen LogP contribution in [0.25, 0.3) is 22.0 Å². The Morgan fingerprint density at radius 2 is 1.70 bits per heavy atom. The molecular formula is C17H15NO4S. The summed E-state index contributed by atoms with van der Waals surface area (Å²) in [6.07, 6.45) is 0.909. The van der Waals surface area contributed by atoms with Crippen molar-refractivity contribution < 1.29 is 12.7 Å². The molecule has 0 fully saturated rings. The van der Waals surface area contributed by atoms with Crippen LogP contribution in [0.1, 0.15) is 5.56 Å². The fraction of sp³-hybridized carbons (Fsp3) is 0.118. The molecule has 23 heavy (non-hydrogen) atoms. The van der Waals surface area contributed by atoms with Crippen LogP contribution in [0.15, 0.2) is 59.4 Å². The number of rotatable bonds is 3. The van der Waals surface area contributed by atoms with Crippen molar-refractivity contribution in [3.05, 3.63) is 70.5 Å². The Labute approximate surface area is 133 Å². The molecule has 5 nitrogen and oxygen atoms in total. The molecule has 0 saturated carbocycles. The van der Waals surface area contributed by atoms with E-state index < -0.39 is 15.7 Å². The van der Waals surface area contributed by atoms with Gasteiger partial charge in [-0.2, -0.15) is 8.42 Å². The van der Waals surface area contributed by atoms with Crippen molar-refractivity contribution in [1.82, 2.24) is 4.73 Å². The maximum Gasteiger partial charge on any atom is 0.324 e. The van der Waals surface area contributed by atoms with Crippen LogP contribution in [0.5, 0.6) is 0 Å². The summed E-state index contributed by atoms with van der Waals surface area (Å²) in [6, 6.07) is 16.4. The van der Waals surface area contributed by atoms with E-state index in [0.29, 0.717) is 5.69 Å². The third kappa shape index (κ3) is 3.12. The van der Waals surface area contributed by atoms with E-state index >= 15 is 0 Å². The third-order valence-electron chi connectivity index (χ3n) is 3.41. The van der Waals surface area contributed by atoms with Gasteiger partial charge >= 0.3 is 10.1 Å². The standard InChI is InChI=1S/C17H15NO4S/c1-12-10-16(18(17(19)11-12)22-23(2,20)21)15-9-5-7-13-6-3-4-8-14(13)15/h3-11H,1-2H3. The monoisotopic (exact) mass is 329 g/mol. The van der Waals surface area contributed by atoms with E-state index in [4.69, 9.17) is 4.28 Å². The fourth-order valence-electron chi connectivity index (χ4n) is 2.54. The van der Waals surface area contributed by atoms with Gasteiger partial charge in [-0.25, -0.2) is 0 Å². The molecule has 0 atom stereocenters. The molecule has 0 spiro atoms. The van der Waals surface area contributed by atoms with Crippen molar-refractivity contribution in [2.75, 3.05) is 6.26 Å². The van der Waals surface area contributed by atoms with Gasteiger partial charge in [-0.15, -0.1) is 4.73 Å². The molecule has 0 radical (unpaired) electrons. The largest absolute Gasteiger partial charge is 0.324 e. The summed E-state index contributed by atoms with van der Waals surface area (Å²) in [6.45, 7) is 1.78. The normalized spacial score (nSPS) is 11.6. The first kappa shape index (κ1) is 15.3. The topological polar surface area (TPSA) is 65.4 Å². The average Bonchev–Trinajstić information content (AvgIpc) is 2.48. The lowest BCUT2D eigenvalue weighted by Crippen LogP contribution is -2.31. The predicted molar refractivity (Wildman–Crippen MR) is 89.8 cm³/mol. The van der Waals surface area contributed by atoms with Crippen molar-refractivity contribution in [2.24, 2.45) is 0 Å². The van der Waals surface area contributed by atoms with Gasteiger partial charge in [-0.1, -0.05) is 42.5 Å². The summed E-state index contributed by atoms with van der Waals surface area (Å²) < 4.78 is 28.7. The maximum atomic E-state index is 12.2. The molecule has 3 rings (SSSR count). The van der Waals surface area contributed by atoms with Crippen molar-refractivity contribution in [3.8, 4) is 11.3 Å². The van der Waals surface area contributed by atoms with Crippen LogP contribution in [0.3, 0.4) is 0 Å². The smallest absolute Gasteiger partial charge is 0.284 e. The molecule has 1 heterocycles. The van der Waals surface area contributed by atoms with E-state index in [9.17, 15) is 13.2 Å². The summed E-state index contributed by atoms with van der Waals surface area (Å²) in [5.74, 6) is 0. The van der Waals surface area contributed by atoms with E-state index in [-0.39, 0.29) is 0 Å². The van der Waals surface area contributed by atoms with Gasteiger partial charge in [0.05, 0.1) is 11.9 Å². The Balaban J connectivity index is 2.36. The number of pyridine rings is 1. The van der Waals surface area contributed by atoms with Crippen molar-refractivity contribution in [3.63, 3.8) is 0 Å². The van der Waals surface area contributed by atoms with Crippen LogP contribution in [0.4, 0.5) is 0 Å². The van der Waals surface area contributed by atoms with E-state index in [1.165, 1.54) is 6.07 Å². The van der Waals surface area contributed by atoms with Crippen LogP contribution >= 0.6 is 0 Å². The lowest BCUT2D eigenvalue weighted by atomic mass is 10.0. The van der Waals surface area contributed by atoms with Gasteiger partial charge < -0.3 is 0 Å². The Kier molecular flexibility index (Phi) is 3.69. The molecule has 0 aliphatic heterocycles. The number of aromatic nitrogens is 1. The zero-order valence-electron chi connectivity index (χ0n) is 12.7. The van der Waals surface area contributed by atoms with E-state index in [1.807, 2.05) is 42.5 Å². The summed E-state index contributed by atoms with van der Waals surface area (Å²) >= 11 is 0. The van der Waals surface area contributed by atoms with Crippen LogP contribution in [-0.4, -0.2) is 19.4 Å². The second kappa shape index (κ2) is 5.55. The first-order chi connectivity index (χ1) is 10.8. The number of fused-ring (bicyclic) bond motifs is 1. The Morgan fingerprint density at radius 3 is 2.43 bits per heavy atom. The van der Waals surface area contributed by atoms with Gasteiger partial charge in [0.15, 0.2) is 0 Å². The molecule has 0 aliphatic rings. The molecule has 0 amide bonds. The van der Waals surface area contributed by atoms with E-state index in [1.54, 1.807) is 13.0 Å². The van der Waals surface area contributed by atoms with Crippen molar-refractivity contribution in [2.45, 2.75) is 6.92 Å². The summed E-state index contributed by atoms with van der Waals surface area (Å²) in [5, 5.41) is 1.90. The number of aryl methyl sites for hydroxylation is 1. The fourth-order valence-corrected chi connectivity index (χ4v) is 2.96. The lowest BCUT2D eigenvalue weighted by molar-refractivity contribution is 0.274. The molecule has 0 aliphatic carbocycles. The Hall–Kier alpha value is -2.60. The second-order valence-corrected chi connectivity index (χ2v) is 6.91. The Morgan fingerprint density at radius 1 is 1.00 bits per heavy atom. The Bertz CT molecular complexity index is 1050. The molecular weight excluding hydrogens is 314 g/mol. The molecule has 0 saturated heterocycles. The molecule has 6 heteroatoms. The highest BCUT2D eigenvalue weighted by molar-refractivity contribution is 7.86. The van der Waals surface area contributed by atoms with Crippen LogP contribution in [-0.2, 0) is 10.1 Å². The molecule has 0 unspecified atom stereocenters. The lowest BCUT2D eigenvalue weighted by Gasteiger charge is -2.14. The number of benzene rings is 2. The van der Waals surface area contributed by atoms with Gasteiger partial charge in [0, 0.05) is 11.6 Å². The minimum atomic E-state index is -3.83. The van der Waals surface area contributed by atoms with Crippen molar-refractivity contribution >= 4 is 20.9 Å². The molecule has 1 aromatic heterocycles. The highest BCUT2D eigenvalue weighted by atomic mass is 32.2. The molecule has 2 aromatic carbocycles. The molecule has 3 aromatic rings. The van der Waals surface area contributed by atoms with E-state index in [2.05, 4.69) is 0 Å². The minimum absolute atomic E-state index is 0.400. The zero-order chi connectivity index (χ0) is 16.6. The molecule has 0 N–H and O–H groups in total. The van der Waals surface area contributed by atoms with Crippen LogP contribution < -0.4 is 9.84 Å². The average molecular weight is 329 g/mol. The second-order valence-electron chi connectivity index (χ2n) is 5.36. The zero-order valence-corrected chi connectivity index (χ0v) is 13.5. The number of hydrogen-bond donors (Lipinski definition) is 0. The van der Waals surface area contributed by atoms with Gasteiger partial charge in [0.25, 0.3) is 5.56 Å². The minimum Gasteiger partial charge on any atom is -0.284 e. The van der Waals surface area contributed by atoms with Gasteiger partial charge in [0.1, 0.15) is 0 Å². The summed E-state index contributed by atoms with van der Waals surface area (Å²) in [4.78, 5) is 12.2. The highest BCUT2D eigenvalue weighted by Gasteiger charge is 2.15. The predicted octanol–water partition coefficient (Wildman–Crippen LogP) is 2.37. The first-order valence-corrected chi connectivity index (χ1v) is 8.78. The summed E-state index contributed by atoms with van der Waals surface area (Å²) in [5.41, 5.74) is 1.33. The number of hydrogen-bond acceptors (Lipinski definition) is 4. The van der Waals surface area contributed by atoms with Crippen LogP contribution in [0.2, 0.25) is 0 Å². The highest BCUT2D eigenvalue weighted by Crippen LogP contribution is 2.28. The number of nitrogens with zero attached hydrogens (tertiary/aromatic N) is 1. The van der Waals surface area contributed by atoms with Crippen LogP contribution in [0, 0.1) is 6.92 Å². The molecule has 118 valence electrons.